The molecule has 1 amide bonds. The highest BCUT2D eigenvalue weighted by molar-refractivity contribution is 5.76. The number of nitrogens with one attached hydrogen (secondary N) is 1. The van der Waals surface area contributed by atoms with E-state index in [1.54, 1.807) is 0 Å². The van der Waals surface area contributed by atoms with Gasteiger partial charge in [-0.2, -0.15) is 0 Å². The van der Waals surface area contributed by atoms with Gasteiger partial charge in [0.05, 0.1) is 18.8 Å². The van der Waals surface area contributed by atoms with Gasteiger partial charge in [0.25, 0.3) is 0 Å². The van der Waals surface area contributed by atoms with Crippen LogP contribution in [0.5, 0.6) is 0 Å². The molecule has 0 saturated carbocycles. The number of unbranched alkanes of at least 4 members (excludes halogenated alkanes) is 35. The smallest absolute Gasteiger partial charge is 0.220 e. The van der Waals surface area contributed by atoms with E-state index in [-0.39, 0.29) is 12.5 Å². The number of carbonyl (C=O) groups excluding carboxylic acids is 1. The van der Waals surface area contributed by atoms with Gasteiger partial charge in [-0.3, -0.25) is 4.79 Å². The van der Waals surface area contributed by atoms with Crippen molar-refractivity contribution in [2.24, 2.45) is 0 Å². The molecule has 2 atom stereocenters. The third kappa shape index (κ3) is 56.5. The van der Waals surface area contributed by atoms with Crippen LogP contribution < -0.4 is 5.32 Å². The van der Waals surface area contributed by atoms with Crippen LogP contribution in [0.15, 0.2) is 85.1 Å². The maximum atomic E-state index is 12.5. The maximum Gasteiger partial charge on any atom is 0.220 e. The Morgan fingerprint density at radius 3 is 0.929 bits per heavy atom. The van der Waals surface area contributed by atoms with Crippen molar-refractivity contribution in [2.45, 2.75) is 321 Å². The highest BCUT2D eigenvalue weighted by atomic mass is 16.3. The van der Waals surface area contributed by atoms with Crippen molar-refractivity contribution in [3.8, 4) is 0 Å². The van der Waals surface area contributed by atoms with Crippen LogP contribution in [-0.4, -0.2) is 34.9 Å². The molecule has 4 heteroatoms. The van der Waals surface area contributed by atoms with Crippen LogP contribution in [0, 0.1) is 0 Å². The van der Waals surface area contributed by atoms with Crippen molar-refractivity contribution in [1.82, 2.24) is 5.32 Å². The van der Waals surface area contributed by atoms with Gasteiger partial charge in [0.1, 0.15) is 0 Å². The third-order valence-corrected chi connectivity index (χ3v) is 13.9. The van der Waals surface area contributed by atoms with Crippen molar-refractivity contribution in [3.05, 3.63) is 85.1 Å². The van der Waals surface area contributed by atoms with Crippen molar-refractivity contribution >= 4 is 5.91 Å². The SMILES string of the molecule is CC/C=C\C/C=C\C/C=C\C/C=C\C/C=C\C/C=C\C/C=C\CCCCCC(=O)NC(CO)C(O)CCCCCCCCCCCCCCCCCCCCCCCCCCCCCCCCCCC. The van der Waals surface area contributed by atoms with Crippen LogP contribution in [-0.2, 0) is 4.79 Å². The summed E-state index contributed by atoms with van der Waals surface area (Å²) in [5.41, 5.74) is 0. The van der Waals surface area contributed by atoms with Crippen molar-refractivity contribution < 1.29 is 15.0 Å². The molecule has 0 fully saturated rings. The molecule has 0 aliphatic heterocycles. The number of aliphatic hydroxyl groups excluding tert-OH is 2. The minimum absolute atomic E-state index is 0.0625. The fourth-order valence-electron chi connectivity index (χ4n) is 9.29. The molecule has 3 N–H and O–H groups in total. The summed E-state index contributed by atoms with van der Waals surface area (Å²) >= 11 is 0. The van der Waals surface area contributed by atoms with Gasteiger partial charge in [0.2, 0.25) is 5.91 Å². The topological polar surface area (TPSA) is 69.6 Å². The van der Waals surface area contributed by atoms with E-state index in [1.807, 2.05) is 0 Å². The van der Waals surface area contributed by atoms with Gasteiger partial charge in [-0.15, -0.1) is 0 Å². The molecule has 0 aliphatic carbocycles. The number of allylic oxidation sites excluding steroid dienone is 14. The molecule has 0 aliphatic rings. The van der Waals surface area contributed by atoms with Crippen molar-refractivity contribution in [3.63, 3.8) is 0 Å². The standard InChI is InChI=1S/C66H119NO3/c1-3-5-7-9-11-13-15-17-19-21-23-25-27-29-30-31-32-33-34-35-36-38-39-41-43-45-47-49-51-53-55-57-59-61-65(69)64(63-68)67-66(70)62-60-58-56-54-52-50-48-46-44-42-40-37-28-26-24-22-20-18-16-14-12-10-8-6-4-2/h6,8,12,14,18,20,24,26,37,40,44,46,50,52,64-65,68-69H,3-5,7,9-11,13,15-17,19,21-23,25,27-36,38-39,41-43,45,47-49,51,53-63H2,1-2H3,(H,67,70)/b8-6-,14-12-,20-18-,26-24-,40-37-,46-44-,52-50-. The summed E-state index contributed by atoms with van der Waals surface area (Å²) in [6.07, 6.45) is 88.8. The Bertz CT molecular complexity index is 1240. The molecule has 0 aromatic rings. The summed E-state index contributed by atoms with van der Waals surface area (Å²) < 4.78 is 0. The molecule has 0 spiro atoms. The van der Waals surface area contributed by atoms with Crippen molar-refractivity contribution in [1.29, 1.82) is 0 Å². The average molecular weight is 975 g/mol. The summed E-state index contributed by atoms with van der Waals surface area (Å²) in [5.74, 6) is -0.0625. The minimum atomic E-state index is -0.682. The van der Waals surface area contributed by atoms with E-state index in [0.717, 1.165) is 83.5 Å². The monoisotopic (exact) mass is 974 g/mol. The van der Waals surface area contributed by atoms with Gasteiger partial charge >= 0.3 is 0 Å². The van der Waals surface area contributed by atoms with Gasteiger partial charge in [0.15, 0.2) is 0 Å². The predicted octanol–water partition coefficient (Wildman–Crippen LogP) is 20.7. The Balaban J connectivity index is 3.50. The molecule has 406 valence electrons. The predicted molar refractivity (Wildman–Crippen MR) is 313 cm³/mol. The van der Waals surface area contributed by atoms with E-state index in [0.29, 0.717) is 12.8 Å². The molecule has 0 rings (SSSR count). The number of rotatable bonds is 56. The molecule has 0 heterocycles. The zero-order valence-electron chi connectivity index (χ0n) is 46.8. The lowest BCUT2D eigenvalue weighted by molar-refractivity contribution is -0.123. The molecule has 0 aromatic heterocycles. The zero-order valence-corrected chi connectivity index (χ0v) is 46.8. The molecule has 2 unspecified atom stereocenters. The van der Waals surface area contributed by atoms with Crippen LogP contribution in [0.1, 0.15) is 309 Å². The van der Waals surface area contributed by atoms with Gasteiger partial charge < -0.3 is 15.5 Å². The zero-order chi connectivity index (χ0) is 50.6. The quantitative estimate of drug-likeness (QED) is 0.0420. The minimum Gasteiger partial charge on any atom is -0.394 e. The Labute approximate surface area is 437 Å². The van der Waals surface area contributed by atoms with E-state index in [4.69, 9.17) is 0 Å². The van der Waals surface area contributed by atoms with Crippen molar-refractivity contribution in [2.75, 3.05) is 6.61 Å². The summed E-state index contributed by atoms with van der Waals surface area (Å²) in [4.78, 5) is 12.5. The second kappa shape index (κ2) is 60.9. The second-order valence-corrected chi connectivity index (χ2v) is 20.7. The lowest BCUT2D eigenvalue weighted by Crippen LogP contribution is -2.45. The van der Waals surface area contributed by atoms with Crippen LogP contribution in [0.2, 0.25) is 0 Å². The van der Waals surface area contributed by atoms with Crippen LogP contribution >= 0.6 is 0 Å². The van der Waals surface area contributed by atoms with E-state index in [2.05, 4.69) is 104 Å². The molecule has 0 bridgehead atoms. The molecule has 0 radical (unpaired) electrons. The lowest BCUT2D eigenvalue weighted by Gasteiger charge is -2.22. The van der Waals surface area contributed by atoms with Crippen LogP contribution in [0.4, 0.5) is 0 Å². The summed E-state index contributed by atoms with van der Waals surface area (Å²) in [6.45, 7) is 4.25. The normalized spacial score (nSPS) is 13.4. The summed E-state index contributed by atoms with van der Waals surface area (Å²) in [7, 11) is 0. The first-order valence-electron chi connectivity index (χ1n) is 30.8. The fraction of sp³-hybridized carbons (Fsp3) is 0.773. The summed E-state index contributed by atoms with van der Waals surface area (Å²) in [5, 5.41) is 23.4. The molecule has 4 nitrogen and oxygen atoms in total. The lowest BCUT2D eigenvalue weighted by atomic mass is 10.0. The number of hydrogen-bond donors (Lipinski definition) is 3. The molecular weight excluding hydrogens is 855 g/mol. The second-order valence-electron chi connectivity index (χ2n) is 20.7. The Kier molecular flexibility index (Phi) is 58.8. The van der Waals surface area contributed by atoms with Gasteiger partial charge in [0, 0.05) is 6.42 Å². The van der Waals surface area contributed by atoms with Gasteiger partial charge in [-0.05, 0) is 70.6 Å². The molecule has 0 saturated heterocycles. The van der Waals surface area contributed by atoms with Crippen LogP contribution in [0.25, 0.3) is 0 Å². The van der Waals surface area contributed by atoms with Gasteiger partial charge in [-0.1, -0.05) is 317 Å². The fourth-order valence-corrected chi connectivity index (χ4v) is 9.29. The number of carbonyl (C=O) groups is 1. The van der Waals surface area contributed by atoms with E-state index < -0.39 is 12.1 Å². The van der Waals surface area contributed by atoms with Crippen LogP contribution in [0.3, 0.4) is 0 Å². The third-order valence-electron chi connectivity index (χ3n) is 13.9. The molecule has 0 aromatic carbocycles. The Morgan fingerprint density at radius 1 is 0.357 bits per heavy atom. The Morgan fingerprint density at radius 2 is 0.629 bits per heavy atom. The number of amides is 1. The average Bonchev–Trinajstić information content (AvgIpc) is 3.36. The van der Waals surface area contributed by atoms with E-state index in [9.17, 15) is 15.0 Å². The first kappa shape index (κ1) is 67.6. The maximum absolute atomic E-state index is 12.5. The highest BCUT2D eigenvalue weighted by Crippen LogP contribution is 2.18. The summed E-state index contributed by atoms with van der Waals surface area (Å²) in [6, 6.07) is -0.562. The van der Waals surface area contributed by atoms with E-state index in [1.165, 1.54) is 199 Å². The number of aliphatic hydroxyl groups is 2. The first-order valence-corrected chi connectivity index (χ1v) is 30.8. The largest absolute Gasteiger partial charge is 0.394 e. The highest BCUT2D eigenvalue weighted by Gasteiger charge is 2.20. The Hall–Kier alpha value is -2.43. The van der Waals surface area contributed by atoms with Gasteiger partial charge in [-0.25, -0.2) is 0 Å². The molecular formula is C66H119NO3. The first-order chi connectivity index (χ1) is 34.7. The number of hydrogen-bond acceptors (Lipinski definition) is 3. The van der Waals surface area contributed by atoms with E-state index >= 15 is 0 Å². The molecule has 70 heavy (non-hydrogen) atoms.